The lowest BCUT2D eigenvalue weighted by atomic mass is 10.1. The smallest absolute Gasteiger partial charge is 0.254 e. The van der Waals surface area contributed by atoms with E-state index >= 15 is 0 Å². The van der Waals surface area contributed by atoms with Gasteiger partial charge in [0.25, 0.3) is 5.91 Å². The molecule has 2 aliphatic rings. The maximum atomic E-state index is 13.2. The van der Waals surface area contributed by atoms with Gasteiger partial charge in [0.05, 0.1) is 7.11 Å². The Balaban J connectivity index is 1.96. The van der Waals surface area contributed by atoms with Crippen LogP contribution in [0.3, 0.4) is 0 Å². The van der Waals surface area contributed by atoms with Crippen molar-refractivity contribution in [2.24, 2.45) is 0 Å². The van der Waals surface area contributed by atoms with Crippen molar-refractivity contribution in [3.05, 3.63) is 23.8 Å². The average Bonchev–Trinajstić information content (AvgIpc) is 2.85. The Labute approximate surface area is 155 Å². The highest BCUT2D eigenvalue weighted by Crippen LogP contribution is 2.31. The van der Waals surface area contributed by atoms with E-state index in [0.29, 0.717) is 5.56 Å². The van der Waals surface area contributed by atoms with Crippen LogP contribution >= 0.6 is 0 Å². The van der Waals surface area contributed by atoms with Crippen LogP contribution in [-0.2, 0) is 10.0 Å². The topological polar surface area (TPSA) is 87.7 Å². The molecule has 2 fully saturated rings. The van der Waals surface area contributed by atoms with Crippen molar-refractivity contribution in [2.45, 2.75) is 56.1 Å². The fourth-order valence-corrected chi connectivity index (χ4v) is 5.30. The Bertz CT molecular complexity index is 765. The zero-order valence-electron chi connectivity index (χ0n) is 15.5. The van der Waals surface area contributed by atoms with Crippen LogP contribution in [0.15, 0.2) is 23.1 Å². The van der Waals surface area contributed by atoms with Gasteiger partial charge < -0.3 is 15.0 Å². The molecule has 3 rings (SSSR count). The number of nitrogens with zero attached hydrogens (tertiary/aromatic N) is 1. The van der Waals surface area contributed by atoms with Crippen LogP contribution in [-0.4, -0.2) is 57.5 Å². The molecule has 0 aromatic heterocycles. The van der Waals surface area contributed by atoms with Crippen LogP contribution in [0.4, 0.5) is 0 Å². The van der Waals surface area contributed by atoms with E-state index in [1.54, 1.807) is 26.0 Å². The third-order valence-corrected chi connectivity index (χ3v) is 6.66. The molecular formula is C18H27N3O4S. The van der Waals surface area contributed by atoms with Crippen LogP contribution in [0, 0.1) is 0 Å². The SMILES string of the molecule is COc1ccc(C(=O)N2C3CCNCC2CC3)cc1S(=O)(=O)NC(C)C. The second-order valence-corrected chi connectivity index (χ2v) is 8.91. The van der Waals surface area contributed by atoms with Crippen molar-refractivity contribution in [2.75, 3.05) is 20.2 Å². The highest BCUT2D eigenvalue weighted by Gasteiger charge is 2.38. The Morgan fingerprint density at radius 2 is 2.00 bits per heavy atom. The first-order valence-corrected chi connectivity index (χ1v) is 10.6. The molecule has 2 unspecified atom stereocenters. The standard InChI is InChI=1S/C18H27N3O4S/c1-12(2)20-26(23,24)17-10-13(4-7-16(17)25-3)18(22)21-14-5-6-15(21)11-19-9-8-14/h4,7,10,12,14-15,19-20H,5-6,8-9,11H2,1-3H3. The van der Waals surface area contributed by atoms with E-state index in [1.807, 2.05) is 4.90 Å². The van der Waals surface area contributed by atoms with E-state index in [-0.39, 0.29) is 34.7 Å². The Morgan fingerprint density at radius 1 is 1.27 bits per heavy atom. The van der Waals surface area contributed by atoms with Gasteiger partial charge in [0.1, 0.15) is 10.6 Å². The van der Waals surface area contributed by atoms with Crippen molar-refractivity contribution in [3.8, 4) is 5.75 Å². The lowest BCUT2D eigenvalue weighted by molar-refractivity contribution is 0.0680. The van der Waals surface area contributed by atoms with Gasteiger partial charge >= 0.3 is 0 Å². The Kier molecular flexibility index (Phi) is 5.55. The van der Waals surface area contributed by atoms with Gasteiger partial charge in [0.15, 0.2) is 0 Å². The molecule has 2 atom stereocenters. The van der Waals surface area contributed by atoms with Crippen LogP contribution in [0.1, 0.15) is 43.5 Å². The first-order chi connectivity index (χ1) is 12.3. The maximum Gasteiger partial charge on any atom is 0.254 e. The number of nitrogens with one attached hydrogen (secondary N) is 2. The summed E-state index contributed by atoms with van der Waals surface area (Å²) in [6.45, 7) is 5.20. The quantitative estimate of drug-likeness (QED) is 0.804. The number of carbonyl (C=O) groups is 1. The molecule has 1 aromatic carbocycles. The third kappa shape index (κ3) is 3.72. The summed E-state index contributed by atoms with van der Waals surface area (Å²) < 4.78 is 33.1. The lowest BCUT2D eigenvalue weighted by Crippen LogP contribution is -2.42. The second-order valence-electron chi connectivity index (χ2n) is 7.23. The first kappa shape index (κ1) is 19.1. The normalized spacial score (nSPS) is 23.2. The molecule has 2 saturated heterocycles. The van der Waals surface area contributed by atoms with E-state index in [4.69, 9.17) is 4.74 Å². The molecule has 2 N–H and O–H groups in total. The summed E-state index contributed by atoms with van der Waals surface area (Å²) in [5, 5.41) is 3.37. The monoisotopic (exact) mass is 381 g/mol. The number of amides is 1. The predicted molar refractivity (Wildman–Crippen MR) is 98.9 cm³/mol. The summed E-state index contributed by atoms with van der Waals surface area (Å²) >= 11 is 0. The molecule has 2 heterocycles. The van der Waals surface area contributed by atoms with Gasteiger partial charge in [-0.25, -0.2) is 13.1 Å². The van der Waals surface area contributed by atoms with Crippen LogP contribution in [0.2, 0.25) is 0 Å². The molecule has 8 heteroatoms. The number of carbonyl (C=O) groups excluding carboxylic acids is 1. The van der Waals surface area contributed by atoms with E-state index in [1.165, 1.54) is 13.2 Å². The average molecular weight is 381 g/mol. The number of rotatable bonds is 5. The minimum Gasteiger partial charge on any atom is -0.495 e. The fraction of sp³-hybridized carbons (Fsp3) is 0.611. The number of hydrogen-bond donors (Lipinski definition) is 2. The zero-order chi connectivity index (χ0) is 18.9. The number of sulfonamides is 1. The first-order valence-electron chi connectivity index (χ1n) is 9.07. The fourth-order valence-electron chi connectivity index (χ4n) is 3.86. The van der Waals surface area contributed by atoms with E-state index in [2.05, 4.69) is 10.0 Å². The Hall–Kier alpha value is -1.64. The van der Waals surface area contributed by atoms with Gasteiger partial charge in [0.2, 0.25) is 10.0 Å². The molecule has 144 valence electrons. The second kappa shape index (κ2) is 7.54. The summed E-state index contributed by atoms with van der Waals surface area (Å²) in [5.41, 5.74) is 0.383. The molecule has 0 saturated carbocycles. The van der Waals surface area contributed by atoms with Crippen molar-refractivity contribution in [1.82, 2.24) is 14.9 Å². The van der Waals surface area contributed by atoms with Gasteiger partial charge in [-0.3, -0.25) is 4.79 Å². The molecule has 2 aliphatic heterocycles. The molecule has 7 nitrogen and oxygen atoms in total. The summed E-state index contributed by atoms with van der Waals surface area (Å²) in [7, 11) is -2.34. The third-order valence-electron chi connectivity index (χ3n) is 4.98. The number of methoxy groups -OCH3 is 1. The zero-order valence-corrected chi connectivity index (χ0v) is 16.3. The number of ether oxygens (including phenoxy) is 1. The van der Waals surface area contributed by atoms with Crippen LogP contribution in [0.25, 0.3) is 0 Å². The van der Waals surface area contributed by atoms with Gasteiger partial charge in [-0.15, -0.1) is 0 Å². The largest absolute Gasteiger partial charge is 0.495 e. The maximum absolute atomic E-state index is 13.2. The van der Waals surface area contributed by atoms with Gasteiger partial charge in [-0.05, 0) is 57.9 Å². The van der Waals surface area contributed by atoms with Crippen LogP contribution < -0.4 is 14.8 Å². The highest BCUT2D eigenvalue weighted by molar-refractivity contribution is 7.89. The molecule has 0 aliphatic carbocycles. The lowest BCUT2D eigenvalue weighted by Gasteiger charge is -2.28. The summed E-state index contributed by atoms with van der Waals surface area (Å²) in [6, 6.07) is 4.78. The summed E-state index contributed by atoms with van der Waals surface area (Å²) in [4.78, 5) is 15.1. The highest BCUT2D eigenvalue weighted by atomic mass is 32.2. The van der Waals surface area contributed by atoms with E-state index < -0.39 is 10.0 Å². The van der Waals surface area contributed by atoms with Gasteiger partial charge in [-0.2, -0.15) is 0 Å². The van der Waals surface area contributed by atoms with E-state index in [0.717, 1.165) is 32.4 Å². The number of fused-ring (bicyclic) bond motifs is 2. The molecule has 0 radical (unpaired) electrons. The minimum absolute atomic E-state index is 0.000145. The molecule has 0 spiro atoms. The molecule has 2 bridgehead atoms. The Morgan fingerprint density at radius 3 is 2.69 bits per heavy atom. The van der Waals surface area contributed by atoms with Crippen LogP contribution in [0.5, 0.6) is 5.75 Å². The molecule has 26 heavy (non-hydrogen) atoms. The molecule has 1 aromatic rings. The molecular weight excluding hydrogens is 354 g/mol. The van der Waals surface area contributed by atoms with Crippen molar-refractivity contribution in [1.29, 1.82) is 0 Å². The predicted octanol–water partition coefficient (Wildman–Crippen LogP) is 1.35. The van der Waals surface area contributed by atoms with E-state index in [9.17, 15) is 13.2 Å². The summed E-state index contributed by atoms with van der Waals surface area (Å²) in [6.07, 6.45) is 2.92. The number of benzene rings is 1. The number of hydrogen-bond acceptors (Lipinski definition) is 5. The van der Waals surface area contributed by atoms with Gasteiger partial charge in [0, 0.05) is 30.2 Å². The van der Waals surface area contributed by atoms with Crippen molar-refractivity contribution in [3.63, 3.8) is 0 Å². The summed E-state index contributed by atoms with van der Waals surface area (Å²) in [5.74, 6) is 0.125. The van der Waals surface area contributed by atoms with Crippen molar-refractivity contribution >= 4 is 15.9 Å². The van der Waals surface area contributed by atoms with Gasteiger partial charge in [-0.1, -0.05) is 0 Å². The minimum atomic E-state index is -3.77. The molecule has 1 amide bonds. The van der Waals surface area contributed by atoms with Crippen molar-refractivity contribution < 1.29 is 17.9 Å².